The van der Waals surface area contributed by atoms with Crippen molar-refractivity contribution in [2.75, 3.05) is 0 Å². The third kappa shape index (κ3) is 3.45. The summed E-state index contributed by atoms with van der Waals surface area (Å²) >= 11 is 0. The van der Waals surface area contributed by atoms with Gasteiger partial charge in [0.2, 0.25) is 0 Å². The summed E-state index contributed by atoms with van der Waals surface area (Å²) in [5.41, 5.74) is 1.01. The first-order valence-corrected chi connectivity index (χ1v) is 5.80. The van der Waals surface area contributed by atoms with Crippen LogP contribution >= 0.6 is 0 Å². The maximum atomic E-state index is 13.1. The minimum Gasteiger partial charge on any atom is -0.211 e. The van der Waals surface area contributed by atoms with E-state index in [-0.39, 0.29) is 6.42 Å². The minimum atomic E-state index is -4.56. The monoisotopic (exact) mass is 246 g/mol. The van der Waals surface area contributed by atoms with Crippen molar-refractivity contribution in [2.24, 2.45) is 0 Å². The summed E-state index contributed by atoms with van der Waals surface area (Å²) in [6, 6.07) is 0. The Morgan fingerprint density at radius 1 is 1.12 bits per heavy atom. The molecule has 0 saturated heterocycles. The van der Waals surface area contributed by atoms with Crippen LogP contribution < -0.4 is 0 Å². The van der Waals surface area contributed by atoms with Crippen molar-refractivity contribution in [3.05, 3.63) is 34.7 Å². The van der Waals surface area contributed by atoms with Crippen LogP contribution in [0, 0.1) is 0 Å². The van der Waals surface area contributed by atoms with E-state index in [2.05, 4.69) is 6.08 Å². The average Bonchev–Trinajstić information content (AvgIpc) is 3.03. The molecule has 0 unspecified atom stereocenters. The number of hydrogen-bond donors (Lipinski definition) is 0. The van der Waals surface area contributed by atoms with E-state index in [1.54, 1.807) is 0 Å². The first-order valence-electron chi connectivity index (χ1n) is 5.80. The predicted molar refractivity (Wildman–Crippen MR) is 58.1 cm³/mol. The Balaban J connectivity index is 2.01. The average molecular weight is 246 g/mol. The molecule has 0 aromatic rings. The highest BCUT2D eigenvalue weighted by atomic mass is 19.4. The molecule has 0 heterocycles. The van der Waals surface area contributed by atoms with Gasteiger partial charge in [0.05, 0.1) is 5.57 Å². The number of halogens is 4. The second-order valence-corrected chi connectivity index (χ2v) is 4.52. The van der Waals surface area contributed by atoms with Crippen LogP contribution in [-0.4, -0.2) is 6.18 Å². The summed E-state index contributed by atoms with van der Waals surface area (Å²) in [5.74, 6) is -1.03. The zero-order chi connectivity index (χ0) is 12.5. The van der Waals surface area contributed by atoms with Gasteiger partial charge in [-0.05, 0) is 38.2 Å². The molecule has 1 saturated carbocycles. The Morgan fingerprint density at radius 2 is 1.82 bits per heavy atom. The molecule has 0 spiro atoms. The van der Waals surface area contributed by atoms with Crippen molar-refractivity contribution in [1.82, 2.24) is 0 Å². The topological polar surface area (TPSA) is 0 Å². The highest BCUT2D eigenvalue weighted by Crippen LogP contribution is 2.37. The van der Waals surface area contributed by atoms with Crippen molar-refractivity contribution in [2.45, 2.75) is 44.7 Å². The van der Waals surface area contributed by atoms with Gasteiger partial charge in [0.15, 0.2) is 0 Å². The fourth-order valence-electron chi connectivity index (χ4n) is 1.93. The van der Waals surface area contributed by atoms with E-state index in [0.29, 0.717) is 18.4 Å². The third-order valence-electron chi connectivity index (χ3n) is 3.05. The standard InChI is InChI=1S/C13H14F4/c14-12-7-6-10(3-1-2-9-4-5-9)8-11(12)13(15,16)17/h2,8H,1,3-7H2. The molecule has 0 bridgehead atoms. The number of hydrogen-bond acceptors (Lipinski definition) is 0. The SMILES string of the molecule is FC1=C(C(F)(F)F)C=C(CCC=C2CC2)CC1. The van der Waals surface area contributed by atoms with Crippen LogP contribution in [0.3, 0.4) is 0 Å². The van der Waals surface area contributed by atoms with Gasteiger partial charge in [0.25, 0.3) is 0 Å². The summed E-state index contributed by atoms with van der Waals surface area (Å²) in [4.78, 5) is 0. The van der Waals surface area contributed by atoms with Crippen LogP contribution in [0.25, 0.3) is 0 Å². The molecule has 2 aliphatic carbocycles. The molecule has 2 aliphatic rings. The minimum absolute atomic E-state index is 0.114. The van der Waals surface area contributed by atoms with Crippen LogP contribution in [0.1, 0.15) is 38.5 Å². The summed E-state index contributed by atoms with van der Waals surface area (Å²) < 4.78 is 50.5. The van der Waals surface area contributed by atoms with Gasteiger partial charge in [0.1, 0.15) is 5.83 Å². The lowest BCUT2D eigenvalue weighted by atomic mass is 9.95. The second-order valence-electron chi connectivity index (χ2n) is 4.52. The van der Waals surface area contributed by atoms with Gasteiger partial charge < -0.3 is 0 Å². The molecule has 0 atom stereocenters. The van der Waals surface area contributed by atoms with Gasteiger partial charge in [-0.1, -0.05) is 17.2 Å². The Bertz CT molecular complexity index is 390. The molecular formula is C13H14F4. The van der Waals surface area contributed by atoms with Crippen molar-refractivity contribution < 1.29 is 17.6 Å². The Labute approximate surface area is 97.7 Å². The van der Waals surface area contributed by atoms with E-state index in [4.69, 9.17) is 0 Å². The summed E-state index contributed by atoms with van der Waals surface area (Å²) in [7, 11) is 0. The van der Waals surface area contributed by atoms with E-state index in [0.717, 1.165) is 25.3 Å². The van der Waals surface area contributed by atoms with Gasteiger partial charge in [-0.2, -0.15) is 13.2 Å². The van der Waals surface area contributed by atoms with E-state index in [9.17, 15) is 17.6 Å². The van der Waals surface area contributed by atoms with Crippen molar-refractivity contribution in [3.63, 3.8) is 0 Å². The molecule has 0 aromatic heterocycles. The molecule has 4 heteroatoms. The zero-order valence-corrected chi connectivity index (χ0v) is 9.41. The van der Waals surface area contributed by atoms with Crippen molar-refractivity contribution >= 4 is 0 Å². The molecule has 2 rings (SSSR count). The maximum absolute atomic E-state index is 13.1. The lowest BCUT2D eigenvalue weighted by Crippen LogP contribution is -2.14. The van der Waals surface area contributed by atoms with Gasteiger partial charge in [0, 0.05) is 6.42 Å². The highest BCUT2D eigenvalue weighted by molar-refractivity contribution is 5.34. The molecule has 0 radical (unpaired) electrons. The van der Waals surface area contributed by atoms with E-state index >= 15 is 0 Å². The van der Waals surface area contributed by atoms with E-state index < -0.39 is 17.6 Å². The van der Waals surface area contributed by atoms with Crippen LogP contribution in [0.5, 0.6) is 0 Å². The summed E-state index contributed by atoms with van der Waals surface area (Å²) in [6.07, 6.45) is 2.44. The molecule has 0 amide bonds. The van der Waals surface area contributed by atoms with Crippen LogP contribution in [0.4, 0.5) is 17.6 Å². The number of allylic oxidation sites excluding steroid dienone is 6. The van der Waals surface area contributed by atoms with Crippen LogP contribution in [0.2, 0.25) is 0 Å². The summed E-state index contributed by atoms with van der Waals surface area (Å²) in [5, 5.41) is 0. The number of alkyl halides is 3. The molecular weight excluding hydrogens is 232 g/mol. The van der Waals surface area contributed by atoms with Gasteiger partial charge in [-0.15, -0.1) is 0 Å². The molecule has 17 heavy (non-hydrogen) atoms. The van der Waals surface area contributed by atoms with Crippen molar-refractivity contribution in [1.29, 1.82) is 0 Å². The lowest BCUT2D eigenvalue weighted by Gasteiger charge is -2.17. The molecule has 0 aliphatic heterocycles. The smallest absolute Gasteiger partial charge is 0.211 e. The number of rotatable bonds is 3. The molecule has 0 aromatic carbocycles. The van der Waals surface area contributed by atoms with Gasteiger partial charge in [-0.3, -0.25) is 0 Å². The largest absolute Gasteiger partial charge is 0.418 e. The van der Waals surface area contributed by atoms with E-state index in [1.807, 2.05) is 0 Å². The second kappa shape index (κ2) is 4.67. The molecule has 0 N–H and O–H groups in total. The Kier molecular flexibility index (Phi) is 3.40. The van der Waals surface area contributed by atoms with Crippen LogP contribution in [-0.2, 0) is 0 Å². The third-order valence-corrected chi connectivity index (χ3v) is 3.05. The first kappa shape index (κ1) is 12.4. The fraction of sp³-hybridized carbons (Fsp3) is 0.538. The summed E-state index contributed by atoms with van der Waals surface area (Å²) in [6.45, 7) is 0. The van der Waals surface area contributed by atoms with Crippen LogP contribution in [0.15, 0.2) is 34.7 Å². The quantitative estimate of drug-likeness (QED) is 0.486. The molecule has 0 nitrogen and oxygen atoms in total. The van der Waals surface area contributed by atoms with Gasteiger partial charge >= 0.3 is 6.18 Å². The van der Waals surface area contributed by atoms with Gasteiger partial charge in [-0.25, -0.2) is 4.39 Å². The lowest BCUT2D eigenvalue weighted by molar-refractivity contribution is -0.0905. The Hall–Kier alpha value is -1.06. The Morgan fingerprint density at radius 3 is 2.41 bits per heavy atom. The highest BCUT2D eigenvalue weighted by Gasteiger charge is 2.36. The predicted octanol–water partition coefficient (Wildman–Crippen LogP) is 4.99. The van der Waals surface area contributed by atoms with E-state index in [1.165, 1.54) is 5.57 Å². The normalized spacial score (nSPS) is 20.5. The molecule has 1 fully saturated rings. The maximum Gasteiger partial charge on any atom is 0.418 e. The fourth-order valence-corrected chi connectivity index (χ4v) is 1.93. The zero-order valence-electron chi connectivity index (χ0n) is 9.41. The van der Waals surface area contributed by atoms with Crippen molar-refractivity contribution in [3.8, 4) is 0 Å². The molecule has 94 valence electrons. The first-order chi connectivity index (χ1) is 7.97.